The van der Waals surface area contributed by atoms with Crippen molar-refractivity contribution < 1.29 is 18.4 Å². The fourth-order valence-corrected chi connectivity index (χ4v) is 1.71. The van der Waals surface area contributed by atoms with Gasteiger partial charge in [-0.25, -0.2) is 13.6 Å². The number of nitrogens with one attached hydrogen (secondary N) is 3. The van der Waals surface area contributed by atoms with Crippen LogP contribution in [-0.4, -0.2) is 23.5 Å². The molecule has 1 heterocycles. The van der Waals surface area contributed by atoms with Crippen molar-refractivity contribution in [2.24, 2.45) is 0 Å². The van der Waals surface area contributed by atoms with Gasteiger partial charge in [0, 0.05) is 37.1 Å². The minimum atomic E-state index is -0.879. The Balaban J connectivity index is 1.73. The standard InChI is InChI=1S/C15H14F2N4O2/c16-10-1-2-13(12(17)9-10)21-15(23)19-8-5-14(22)20-11-3-6-18-7-4-11/h1-4,6-7,9H,5,8H2,(H,18,20,22)(H2,19,21,23). The van der Waals surface area contributed by atoms with Crippen LogP contribution in [-0.2, 0) is 4.79 Å². The SMILES string of the molecule is O=C(CCNC(=O)Nc1ccc(F)cc1F)Nc1ccncc1. The van der Waals surface area contributed by atoms with Gasteiger partial charge in [-0.3, -0.25) is 9.78 Å². The molecule has 1 aromatic heterocycles. The number of benzene rings is 1. The molecule has 2 rings (SSSR count). The van der Waals surface area contributed by atoms with Crippen LogP contribution < -0.4 is 16.0 Å². The van der Waals surface area contributed by atoms with Gasteiger partial charge in [0.05, 0.1) is 5.69 Å². The number of aromatic nitrogens is 1. The van der Waals surface area contributed by atoms with E-state index in [2.05, 4.69) is 20.9 Å². The van der Waals surface area contributed by atoms with E-state index >= 15 is 0 Å². The average molecular weight is 320 g/mol. The summed E-state index contributed by atoms with van der Waals surface area (Å²) in [4.78, 5) is 27.0. The number of hydrogen-bond donors (Lipinski definition) is 3. The number of anilines is 2. The summed E-state index contributed by atoms with van der Waals surface area (Å²) in [5, 5.41) is 7.26. The molecule has 0 aliphatic carbocycles. The van der Waals surface area contributed by atoms with Crippen molar-refractivity contribution >= 4 is 23.3 Å². The summed E-state index contributed by atoms with van der Waals surface area (Å²) in [5.74, 6) is -1.90. The Labute approximate surface area is 130 Å². The number of rotatable bonds is 5. The number of hydrogen-bond acceptors (Lipinski definition) is 3. The first-order chi connectivity index (χ1) is 11.0. The number of carbonyl (C=O) groups excluding carboxylic acids is 2. The molecule has 1 aromatic carbocycles. The van der Waals surface area contributed by atoms with Crippen LogP contribution >= 0.6 is 0 Å². The van der Waals surface area contributed by atoms with Crippen molar-refractivity contribution in [1.29, 1.82) is 0 Å². The molecule has 120 valence electrons. The molecule has 8 heteroatoms. The highest BCUT2D eigenvalue weighted by atomic mass is 19.1. The molecule has 0 aliphatic rings. The second kappa shape index (κ2) is 7.83. The second-order valence-electron chi connectivity index (χ2n) is 4.54. The normalized spacial score (nSPS) is 10.0. The third kappa shape index (κ3) is 5.34. The molecule has 0 fully saturated rings. The summed E-state index contributed by atoms with van der Waals surface area (Å²) >= 11 is 0. The van der Waals surface area contributed by atoms with E-state index in [-0.39, 0.29) is 24.6 Å². The van der Waals surface area contributed by atoms with E-state index in [0.717, 1.165) is 12.1 Å². The summed E-state index contributed by atoms with van der Waals surface area (Å²) in [6, 6.07) is 5.39. The van der Waals surface area contributed by atoms with E-state index in [9.17, 15) is 18.4 Å². The van der Waals surface area contributed by atoms with Crippen molar-refractivity contribution in [2.75, 3.05) is 17.2 Å². The van der Waals surface area contributed by atoms with Gasteiger partial charge in [-0.15, -0.1) is 0 Å². The number of nitrogens with zero attached hydrogens (tertiary/aromatic N) is 1. The average Bonchev–Trinajstić information content (AvgIpc) is 2.51. The zero-order valence-electron chi connectivity index (χ0n) is 12.0. The first-order valence-corrected chi connectivity index (χ1v) is 6.74. The van der Waals surface area contributed by atoms with Crippen molar-refractivity contribution in [3.05, 3.63) is 54.4 Å². The number of halogens is 2. The molecule has 0 bridgehead atoms. The predicted octanol–water partition coefficient (Wildman–Crippen LogP) is 2.51. The highest BCUT2D eigenvalue weighted by Gasteiger charge is 2.08. The summed E-state index contributed by atoms with van der Waals surface area (Å²) in [5.41, 5.74) is 0.452. The van der Waals surface area contributed by atoms with E-state index < -0.39 is 17.7 Å². The number of carbonyl (C=O) groups is 2. The first kappa shape index (κ1) is 16.3. The number of amides is 3. The van der Waals surface area contributed by atoms with Crippen molar-refractivity contribution in [2.45, 2.75) is 6.42 Å². The van der Waals surface area contributed by atoms with Gasteiger partial charge in [-0.1, -0.05) is 0 Å². The third-order valence-electron chi connectivity index (χ3n) is 2.78. The molecule has 0 atom stereocenters. The van der Waals surface area contributed by atoms with Gasteiger partial charge in [-0.2, -0.15) is 0 Å². The molecule has 0 aliphatic heterocycles. The maximum Gasteiger partial charge on any atom is 0.319 e. The Hall–Kier alpha value is -3.03. The molecule has 0 saturated carbocycles. The summed E-state index contributed by atoms with van der Waals surface area (Å²) in [6.45, 7) is 0.0611. The van der Waals surface area contributed by atoms with Gasteiger partial charge < -0.3 is 16.0 Å². The van der Waals surface area contributed by atoms with E-state index in [1.54, 1.807) is 24.5 Å². The fraction of sp³-hybridized carbons (Fsp3) is 0.133. The Morgan fingerprint density at radius 3 is 2.48 bits per heavy atom. The quantitative estimate of drug-likeness (QED) is 0.791. The van der Waals surface area contributed by atoms with Crippen molar-refractivity contribution in [1.82, 2.24) is 10.3 Å². The van der Waals surface area contributed by atoms with Gasteiger partial charge >= 0.3 is 6.03 Å². The lowest BCUT2D eigenvalue weighted by Crippen LogP contribution is -2.31. The lowest BCUT2D eigenvalue weighted by atomic mass is 10.3. The molecule has 23 heavy (non-hydrogen) atoms. The van der Waals surface area contributed by atoms with Crippen LogP contribution in [0.3, 0.4) is 0 Å². The van der Waals surface area contributed by atoms with Crippen molar-refractivity contribution in [3.63, 3.8) is 0 Å². The maximum atomic E-state index is 13.4. The number of urea groups is 1. The van der Waals surface area contributed by atoms with Crippen LogP contribution in [0.5, 0.6) is 0 Å². The van der Waals surface area contributed by atoms with E-state index in [4.69, 9.17) is 0 Å². The Kier molecular flexibility index (Phi) is 5.56. The highest BCUT2D eigenvalue weighted by molar-refractivity contribution is 5.92. The highest BCUT2D eigenvalue weighted by Crippen LogP contribution is 2.14. The molecule has 0 unspecified atom stereocenters. The van der Waals surface area contributed by atoms with Crippen LogP contribution in [0.4, 0.5) is 25.0 Å². The van der Waals surface area contributed by atoms with Crippen LogP contribution in [0.2, 0.25) is 0 Å². The Morgan fingerprint density at radius 1 is 1.04 bits per heavy atom. The van der Waals surface area contributed by atoms with E-state index in [0.29, 0.717) is 11.8 Å². The number of pyridine rings is 1. The minimum absolute atomic E-state index is 0.0433. The van der Waals surface area contributed by atoms with Gasteiger partial charge in [0.2, 0.25) is 5.91 Å². The Bertz CT molecular complexity index is 695. The van der Waals surface area contributed by atoms with Crippen LogP contribution in [0, 0.1) is 11.6 Å². The maximum absolute atomic E-state index is 13.4. The minimum Gasteiger partial charge on any atom is -0.337 e. The lowest BCUT2D eigenvalue weighted by Gasteiger charge is -2.09. The zero-order chi connectivity index (χ0) is 16.7. The molecule has 0 radical (unpaired) electrons. The van der Waals surface area contributed by atoms with Crippen LogP contribution in [0.15, 0.2) is 42.7 Å². The van der Waals surface area contributed by atoms with Crippen LogP contribution in [0.25, 0.3) is 0 Å². The molecular weight excluding hydrogens is 306 g/mol. The predicted molar refractivity (Wildman–Crippen MR) is 80.9 cm³/mol. The van der Waals surface area contributed by atoms with E-state index in [1.165, 1.54) is 0 Å². The van der Waals surface area contributed by atoms with Gasteiger partial charge in [-0.05, 0) is 24.3 Å². The second-order valence-corrected chi connectivity index (χ2v) is 4.54. The summed E-state index contributed by atoms with van der Waals surface area (Å²) in [6.07, 6.45) is 3.12. The van der Waals surface area contributed by atoms with Gasteiger partial charge in [0.15, 0.2) is 0 Å². The molecule has 3 N–H and O–H groups in total. The summed E-state index contributed by atoms with van der Waals surface area (Å²) in [7, 11) is 0. The molecule has 3 amide bonds. The molecule has 0 spiro atoms. The van der Waals surface area contributed by atoms with Crippen molar-refractivity contribution in [3.8, 4) is 0 Å². The fourth-order valence-electron chi connectivity index (χ4n) is 1.71. The van der Waals surface area contributed by atoms with E-state index in [1.807, 2.05) is 0 Å². The summed E-state index contributed by atoms with van der Waals surface area (Å²) < 4.78 is 26.1. The Morgan fingerprint density at radius 2 is 1.78 bits per heavy atom. The lowest BCUT2D eigenvalue weighted by molar-refractivity contribution is -0.116. The van der Waals surface area contributed by atoms with Gasteiger partial charge in [0.1, 0.15) is 11.6 Å². The molecule has 2 aromatic rings. The first-order valence-electron chi connectivity index (χ1n) is 6.74. The van der Waals surface area contributed by atoms with Gasteiger partial charge in [0.25, 0.3) is 0 Å². The zero-order valence-corrected chi connectivity index (χ0v) is 12.0. The topological polar surface area (TPSA) is 83.1 Å². The molecule has 0 saturated heterocycles. The smallest absolute Gasteiger partial charge is 0.319 e. The molecule has 6 nitrogen and oxygen atoms in total. The monoisotopic (exact) mass is 320 g/mol. The molecular formula is C15H14F2N4O2. The third-order valence-corrected chi connectivity index (χ3v) is 2.78. The largest absolute Gasteiger partial charge is 0.337 e. The van der Waals surface area contributed by atoms with Crippen LogP contribution in [0.1, 0.15) is 6.42 Å².